The lowest BCUT2D eigenvalue weighted by atomic mass is 9.44. The predicted molar refractivity (Wildman–Crippen MR) is 415 cm³/mol. The Morgan fingerprint density at radius 2 is 0.763 bits per heavy atom. The first-order valence-corrected chi connectivity index (χ1v) is 39.2. The van der Waals surface area contributed by atoms with Crippen LogP contribution in [-0.2, 0) is 32.0 Å². The van der Waals surface area contributed by atoms with E-state index in [1.807, 2.05) is 20.8 Å². The molecule has 4 aromatic heterocycles. The summed E-state index contributed by atoms with van der Waals surface area (Å²) in [5.41, 5.74) is 0.803. The number of nitrogens with one attached hydrogen (secondary N) is 8. The molecule has 12 fully saturated rings. The fourth-order valence-corrected chi connectivity index (χ4v) is 17.6. The van der Waals surface area contributed by atoms with Crippen LogP contribution in [0.4, 0.5) is 8.78 Å². The molecule has 0 aliphatic heterocycles. The number of fused-ring (bicyclic) bond motifs is 1. The minimum absolute atomic E-state index is 0.00277. The Bertz CT molecular complexity index is 4840. The number of nitrogens with zero attached hydrogens (tertiary/aromatic N) is 6. The summed E-state index contributed by atoms with van der Waals surface area (Å²) >= 11 is 36.0. The standard InChI is InChI=1S/C20H20Cl2N4O3.C20H20ClFN4O3.C19H19ClFN3O3S.C18H17Cl2N3O5/c2*1-2-12-6-24-16(7-23-12)18(28)26-20-9-19(10-20,11-20)25-17(27)8-29-13-3-4-14(21)15(22)5-13;1-11-6-15(28-24-11)17(26)23-19-5-4-18(9-19,10-19)22-16(25)8-27-12-2-3-13(20)14(21)7-12;1-26-15-5-13(28-23-15)16(25)22-18-7-17(8-18,9-18)21-14(24)6-27-10-2-3-11(19)12(20)4-10/h2*3-7H,2,8-11H2,1H3,(H,25,27)(H,26,28);2-3,6-7H,4-5,8-10H2,1H3,(H,22,25)(H,23,26);2-5H,6-9H2,1H3,(H,21,24)(H,22,25). The third-order valence-electron chi connectivity index (χ3n) is 21.1. The molecule has 28 nitrogen and oxygen atoms in total. The summed E-state index contributed by atoms with van der Waals surface area (Å²) in [5, 5.41) is 29.2. The third-order valence-corrected chi connectivity index (χ3v) is 24.0. The Hall–Kier alpha value is -9.76. The molecule has 12 aliphatic carbocycles. The highest BCUT2D eigenvalue weighted by Gasteiger charge is 2.71. The zero-order chi connectivity index (χ0) is 81.2. The molecule has 20 rings (SSSR count). The average Bonchev–Trinajstić information content (AvgIpc) is 0.827. The van der Waals surface area contributed by atoms with Crippen LogP contribution in [0.25, 0.3) is 0 Å². The summed E-state index contributed by atoms with van der Waals surface area (Å²) in [6.07, 6.45) is 16.8. The van der Waals surface area contributed by atoms with Gasteiger partial charge in [0.15, 0.2) is 26.4 Å². The molecule has 8 bridgehead atoms. The number of amides is 8. The van der Waals surface area contributed by atoms with Gasteiger partial charge in [-0.3, -0.25) is 48.3 Å². The number of halogens is 8. The van der Waals surface area contributed by atoms with Gasteiger partial charge >= 0.3 is 0 Å². The van der Waals surface area contributed by atoms with Crippen molar-refractivity contribution < 1.29 is 75.3 Å². The van der Waals surface area contributed by atoms with Gasteiger partial charge in [-0.2, -0.15) is 4.37 Å². The second-order valence-corrected chi connectivity index (χ2v) is 33.5. The molecule has 0 spiro atoms. The minimum atomic E-state index is -0.601. The molecular weight excluding hydrogens is 1630 g/mol. The van der Waals surface area contributed by atoms with Crippen molar-refractivity contribution in [2.75, 3.05) is 33.5 Å². The summed E-state index contributed by atoms with van der Waals surface area (Å²) in [4.78, 5) is 115. The van der Waals surface area contributed by atoms with Crippen LogP contribution in [-0.4, -0.2) is 155 Å². The van der Waals surface area contributed by atoms with Gasteiger partial charge in [0.2, 0.25) is 5.76 Å². The van der Waals surface area contributed by atoms with Gasteiger partial charge in [0.1, 0.15) is 50.9 Å². The maximum atomic E-state index is 13.4. The highest BCUT2D eigenvalue weighted by atomic mass is 35.5. The zero-order valence-electron chi connectivity index (χ0n) is 61.7. The van der Waals surface area contributed by atoms with Gasteiger partial charge in [-0.05, 0) is 175 Å². The highest BCUT2D eigenvalue weighted by Crippen LogP contribution is 2.62. The normalized spacial score (nSPS) is 24.5. The van der Waals surface area contributed by atoms with Crippen LogP contribution in [0.2, 0.25) is 30.1 Å². The van der Waals surface area contributed by atoms with Crippen LogP contribution in [0.3, 0.4) is 0 Å². The Morgan fingerprint density at radius 3 is 1.10 bits per heavy atom. The van der Waals surface area contributed by atoms with Crippen LogP contribution in [0.5, 0.6) is 28.9 Å². The Kier molecular flexibility index (Phi) is 24.0. The molecule has 114 heavy (non-hydrogen) atoms. The van der Waals surface area contributed by atoms with E-state index in [2.05, 4.69) is 72.0 Å². The topological polar surface area (TPSA) is 369 Å². The SMILES string of the molecule is CCc1cnc(C(=O)NC23CC(NC(=O)COc4ccc(Cl)c(Cl)c4)(C2)C3)cn1.CCc1cnc(C(=O)NC23CC(NC(=O)COc4ccc(Cl)c(F)c4)(C2)C3)cn1.COc1cc(C(=O)NC23CC(NC(=O)COc4ccc(Cl)c(Cl)c4)(C2)C3)on1.Cc1cc(C(=O)NC23CCC(NC(=O)COc4ccc(Cl)c(F)c4)(C2)C3)sn1. The number of ether oxygens (including phenoxy) is 5. The fraction of sp³-hybridized carbons (Fsp3) is 0.403. The van der Waals surface area contributed by atoms with Gasteiger partial charge in [-0.25, -0.2) is 18.7 Å². The molecule has 0 unspecified atom stereocenters. The van der Waals surface area contributed by atoms with Gasteiger partial charge in [0.05, 0.1) is 72.8 Å². The number of hydrogen-bond donors (Lipinski definition) is 8. The average molecular weight is 1700 g/mol. The Balaban J connectivity index is 0.000000133. The van der Waals surface area contributed by atoms with Crippen molar-refractivity contribution >= 4 is 128 Å². The molecule has 4 heterocycles. The maximum absolute atomic E-state index is 13.4. The first kappa shape index (κ1) is 82.2. The monoisotopic (exact) mass is 1700 g/mol. The molecular formula is C77H76Cl6F2N14O14S. The van der Waals surface area contributed by atoms with E-state index >= 15 is 0 Å². The van der Waals surface area contributed by atoms with Crippen molar-refractivity contribution in [1.82, 2.24) is 72.0 Å². The third kappa shape index (κ3) is 18.9. The predicted octanol–water partition coefficient (Wildman–Crippen LogP) is 11.2. The Labute approximate surface area is 685 Å². The fourth-order valence-electron chi connectivity index (χ4n) is 16.2. The van der Waals surface area contributed by atoms with Gasteiger partial charge in [-0.1, -0.05) is 83.5 Å². The quantitative estimate of drug-likeness (QED) is 0.0237. The summed E-state index contributed by atoms with van der Waals surface area (Å²) in [6.45, 7) is 5.14. The first-order valence-electron chi connectivity index (χ1n) is 36.2. The molecule has 37 heteroatoms. The highest BCUT2D eigenvalue weighted by molar-refractivity contribution is 7.08. The van der Waals surface area contributed by atoms with Gasteiger partial charge in [0, 0.05) is 81.0 Å². The molecule has 8 amide bonds. The van der Waals surface area contributed by atoms with Crippen molar-refractivity contribution in [3.63, 3.8) is 0 Å². The lowest BCUT2D eigenvalue weighted by Gasteiger charge is -2.70. The van der Waals surface area contributed by atoms with Crippen LogP contribution in [0.1, 0.15) is 156 Å². The smallest absolute Gasteiger partial charge is 0.290 e. The zero-order valence-corrected chi connectivity index (χ0v) is 67.0. The van der Waals surface area contributed by atoms with Crippen LogP contribution in [0, 0.1) is 18.6 Å². The molecule has 600 valence electrons. The van der Waals surface area contributed by atoms with Crippen molar-refractivity contribution in [3.05, 3.63) is 191 Å². The molecule has 12 saturated carbocycles. The van der Waals surface area contributed by atoms with E-state index in [0.29, 0.717) is 113 Å². The van der Waals surface area contributed by atoms with E-state index in [1.54, 1.807) is 54.9 Å². The molecule has 8 aromatic rings. The Morgan fingerprint density at radius 1 is 0.421 bits per heavy atom. The van der Waals surface area contributed by atoms with Crippen LogP contribution < -0.4 is 66.2 Å². The molecule has 0 radical (unpaired) electrons. The maximum Gasteiger partial charge on any atom is 0.290 e. The number of carbonyl (C=O) groups is 8. The number of benzene rings is 4. The summed E-state index contributed by atoms with van der Waals surface area (Å²) in [7, 11) is 1.44. The van der Waals surface area contributed by atoms with Crippen molar-refractivity contribution in [2.24, 2.45) is 0 Å². The molecule has 4 aromatic carbocycles. The minimum Gasteiger partial charge on any atom is -0.484 e. The number of carbonyl (C=O) groups excluding carboxylic acids is 8. The van der Waals surface area contributed by atoms with Crippen LogP contribution >= 0.6 is 81.1 Å². The van der Waals surface area contributed by atoms with E-state index in [0.717, 1.165) is 54.9 Å². The molecule has 0 atom stereocenters. The van der Waals surface area contributed by atoms with E-state index in [4.69, 9.17) is 97.8 Å². The lowest BCUT2D eigenvalue weighted by Crippen LogP contribution is -2.84. The molecule has 12 aliphatic rings. The van der Waals surface area contributed by atoms with Gasteiger partial charge < -0.3 is 70.7 Å². The van der Waals surface area contributed by atoms with Crippen LogP contribution in [0.15, 0.2) is 114 Å². The van der Waals surface area contributed by atoms with Gasteiger partial charge in [-0.15, -0.1) is 0 Å². The first-order chi connectivity index (χ1) is 54.2. The molecule has 0 saturated heterocycles. The van der Waals surface area contributed by atoms with E-state index in [9.17, 15) is 47.1 Å². The van der Waals surface area contributed by atoms with Crippen molar-refractivity contribution in [3.8, 4) is 28.9 Å². The largest absolute Gasteiger partial charge is 0.484 e. The summed E-state index contributed by atoms with van der Waals surface area (Å²) in [5.74, 6) is -1.38. The summed E-state index contributed by atoms with van der Waals surface area (Å²) < 4.78 is 62.3. The second-order valence-electron chi connectivity index (χ2n) is 30.2. The number of aryl methyl sites for hydroxylation is 3. The molecule has 8 N–H and O–H groups in total. The number of rotatable bonds is 27. The number of aromatic nitrogens is 6. The van der Waals surface area contributed by atoms with E-state index in [-0.39, 0.29) is 157 Å². The van der Waals surface area contributed by atoms with Gasteiger partial charge in [0.25, 0.3) is 53.1 Å². The summed E-state index contributed by atoms with van der Waals surface area (Å²) in [6, 6.07) is 20.9. The second kappa shape index (κ2) is 33.2. The van der Waals surface area contributed by atoms with E-state index in [1.165, 1.54) is 61.4 Å². The van der Waals surface area contributed by atoms with Crippen molar-refractivity contribution in [2.45, 2.75) is 161 Å². The van der Waals surface area contributed by atoms with Crippen molar-refractivity contribution in [1.29, 1.82) is 0 Å². The van der Waals surface area contributed by atoms with E-state index < -0.39 is 11.6 Å². The number of hydrogen-bond acceptors (Lipinski definition) is 21. The lowest BCUT2D eigenvalue weighted by molar-refractivity contribution is -0.142. The number of methoxy groups -OCH3 is 1.